The molecule has 0 aromatic heterocycles. The van der Waals surface area contributed by atoms with Crippen LogP contribution in [0.2, 0.25) is 0 Å². The average Bonchev–Trinajstić information content (AvgIpc) is 2.88. The van der Waals surface area contributed by atoms with Gasteiger partial charge in [0.15, 0.2) is 5.84 Å². The van der Waals surface area contributed by atoms with Gasteiger partial charge in [0.05, 0.1) is 43.5 Å². The lowest BCUT2D eigenvalue weighted by atomic mass is 10.1. The number of amidine groups is 1. The van der Waals surface area contributed by atoms with Gasteiger partial charge in [0.2, 0.25) is 0 Å². The first-order chi connectivity index (χ1) is 16.2. The highest BCUT2D eigenvalue weighted by atomic mass is 16.5. The highest BCUT2D eigenvalue weighted by Crippen LogP contribution is 2.22. The minimum atomic E-state index is 0.393. The fraction of sp³-hybridized carbons (Fsp3) is 0.192. The number of nitrogens with zero attached hydrogens (tertiary/aromatic N) is 6. The van der Waals surface area contributed by atoms with Crippen molar-refractivity contribution >= 4 is 22.9 Å². The largest absolute Gasteiger partial charge is 0.497 e. The van der Waals surface area contributed by atoms with Crippen LogP contribution in [0.5, 0.6) is 5.75 Å². The number of methoxy groups -OCH3 is 1. The molecule has 0 heterocycles. The normalized spacial score (nSPS) is 11.1. The van der Waals surface area contributed by atoms with Crippen LogP contribution in [0, 0.1) is 22.7 Å². The Morgan fingerprint density at radius 1 is 0.818 bits per heavy atom. The third-order valence-electron chi connectivity index (χ3n) is 4.80. The fourth-order valence-corrected chi connectivity index (χ4v) is 3.08. The maximum absolute atomic E-state index is 8.94. The van der Waals surface area contributed by atoms with Crippen LogP contribution in [0.1, 0.15) is 18.4 Å². The topological polar surface area (TPSA) is 97.1 Å². The molecule has 3 aromatic rings. The monoisotopic (exact) mass is 436 g/mol. The van der Waals surface area contributed by atoms with Gasteiger partial charge in [-0.15, -0.1) is 10.2 Å². The van der Waals surface area contributed by atoms with Crippen LogP contribution in [0.15, 0.2) is 94.1 Å². The number of anilines is 1. The summed E-state index contributed by atoms with van der Waals surface area (Å²) in [5.74, 6) is 1.23. The summed E-state index contributed by atoms with van der Waals surface area (Å²) >= 11 is 0. The lowest BCUT2D eigenvalue weighted by Crippen LogP contribution is -2.25. The van der Waals surface area contributed by atoms with Gasteiger partial charge in [-0.1, -0.05) is 18.2 Å². The quantitative estimate of drug-likeness (QED) is 0.227. The number of aliphatic imine (C=N–C) groups is 1. The zero-order valence-corrected chi connectivity index (χ0v) is 18.4. The number of para-hydroxylation sites is 1. The van der Waals surface area contributed by atoms with Gasteiger partial charge in [0.1, 0.15) is 5.75 Å². The highest BCUT2D eigenvalue weighted by molar-refractivity contribution is 6.01. The van der Waals surface area contributed by atoms with E-state index < -0.39 is 0 Å². The molecule has 33 heavy (non-hydrogen) atoms. The zero-order chi connectivity index (χ0) is 23.3. The Kier molecular flexibility index (Phi) is 8.70. The summed E-state index contributed by atoms with van der Waals surface area (Å²) in [6.45, 7) is 1.14. The Hall–Kier alpha value is -4.49. The maximum atomic E-state index is 8.94. The van der Waals surface area contributed by atoms with E-state index in [1.165, 1.54) is 0 Å². The van der Waals surface area contributed by atoms with E-state index >= 15 is 0 Å². The second kappa shape index (κ2) is 12.4. The summed E-state index contributed by atoms with van der Waals surface area (Å²) in [7, 11) is 1.62. The van der Waals surface area contributed by atoms with Crippen LogP contribution in [0.25, 0.3) is 0 Å². The molecule has 3 rings (SSSR count). The van der Waals surface area contributed by atoms with Crippen molar-refractivity contribution in [3.63, 3.8) is 0 Å². The highest BCUT2D eigenvalue weighted by Gasteiger charge is 2.09. The van der Waals surface area contributed by atoms with Crippen molar-refractivity contribution in [2.45, 2.75) is 12.8 Å². The van der Waals surface area contributed by atoms with Crippen LogP contribution in [-0.2, 0) is 0 Å². The van der Waals surface area contributed by atoms with Gasteiger partial charge in [0, 0.05) is 24.3 Å². The van der Waals surface area contributed by atoms with Crippen molar-refractivity contribution in [3.8, 4) is 17.9 Å². The second-order valence-corrected chi connectivity index (χ2v) is 7.02. The molecule has 0 unspecified atom stereocenters. The first-order valence-electron chi connectivity index (χ1n) is 10.5. The Morgan fingerprint density at radius 3 is 2.03 bits per heavy atom. The second-order valence-electron chi connectivity index (χ2n) is 7.02. The van der Waals surface area contributed by atoms with Gasteiger partial charge >= 0.3 is 0 Å². The molecule has 0 atom stereocenters. The maximum Gasteiger partial charge on any atom is 0.182 e. The Morgan fingerprint density at radius 2 is 1.45 bits per heavy atom. The molecule has 0 fully saturated rings. The number of ether oxygens (including phenoxy) is 1. The fourth-order valence-electron chi connectivity index (χ4n) is 3.08. The molecule has 0 bridgehead atoms. The van der Waals surface area contributed by atoms with Crippen LogP contribution >= 0.6 is 0 Å². The SMILES string of the molecule is COc1ccc(N=NC(=Nc2ccccc2)c2ccc(N(CCC#N)CCC#N)cc2)cc1. The lowest BCUT2D eigenvalue weighted by molar-refractivity contribution is 0.415. The van der Waals surface area contributed by atoms with Crippen molar-refractivity contribution in [2.75, 3.05) is 25.1 Å². The molecule has 0 aliphatic heterocycles. The summed E-state index contributed by atoms with van der Waals surface area (Å²) in [5.41, 5.74) is 3.21. The van der Waals surface area contributed by atoms with E-state index in [2.05, 4.69) is 27.4 Å². The molecule has 0 saturated carbocycles. The van der Waals surface area contributed by atoms with E-state index in [0.29, 0.717) is 37.5 Å². The summed E-state index contributed by atoms with van der Waals surface area (Å²) < 4.78 is 5.19. The molecule has 7 heteroatoms. The molecule has 0 radical (unpaired) electrons. The summed E-state index contributed by atoms with van der Waals surface area (Å²) in [6.07, 6.45) is 0.786. The van der Waals surface area contributed by atoms with Crippen LogP contribution in [0.4, 0.5) is 17.1 Å². The van der Waals surface area contributed by atoms with E-state index in [-0.39, 0.29) is 0 Å². The van der Waals surface area contributed by atoms with E-state index in [4.69, 9.17) is 15.3 Å². The van der Waals surface area contributed by atoms with Gasteiger partial charge in [-0.05, 0) is 60.7 Å². The summed E-state index contributed by atoms with van der Waals surface area (Å²) in [4.78, 5) is 6.71. The van der Waals surface area contributed by atoms with E-state index in [0.717, 1.165) is 22.7 Å². The summed E-state index contributed by atoms with van der Waals surface area (Å²) in [6, 6.07) is 29.0. The minimum Gasteiger partial charge on any atom is -0.497 e. The van der Waals surface area contributed by atoms with Crippen molar-refractivity contribution in [3.05, 3.63) is 84.4 Å². The number of benzene rings is 3. The standard InChI is InChI=1S/C26H24N6O/c1-33-25-15-11-23(12-16-25)30-31-26(29-22-7-3-2-4-8-22)21-9-13-24(14-10-21)32(19-5-17-27)20-6-18-28/h2-4,7-16H,5-6,19-20H2,1H3. The average molecular weight is 437 g/mol. The van der Waals surface area contributed by atoms with Gasteiger partial charge in [-0.25, -0.2) is 4.99 Å². The predicted molar refractivity (Wildman–Crippen MR) is 129 cm³/mol. The molecule has 0 aliphatic rings. The minimum absolute atomic E-state index is 0.393. The molecule has 0 N–H and O–H groups in total. The first-order valence-corrected chi connectivity index (χ1v) is 10.5. The van der Waals surface area contributed by atoms with Crippen molar-refractivity contribution in [1.29, 1.82) is 10.5 Å². The number of rotatable bonds is 9. The lowest BCUT2D eigenvalue weighted by Gasteiger charge is -2.22. The van der Waals surface area contributed by atoms with Gasteiger partial charge in [-0.2, -0.15) is 10.5 Å². The van der Waals surface area contributed by atoms with Crippen molar-refractivity contribution < 1.29 is 4.74 Å². The van der Waals surface area contributed by atoms with Crippen molar-refractivity contribution in [1.82, 2.24) is 0 Å². The van der Waals surface area contributed by atoms with E-state index in [1.807, 2.05) is 83.8 Å². The molecule has 0 spiro atoms. The first kappa shape index (κ1) is 23.2. The van der Waals surface area contributed by atoms with E-state index in [1.54, 1.807) is 7.11 Å². The summed E-state index contributed by atoms with van der Waals surface area (Å²) in [5, 5.41) is 26.7. The van der Waals surface area contributed by atoms with Crippen LogP contribution in [-0.4, -0.2) is 26.0 Å². The van der Waals surface area contributed by atoms with E-state index in [9.17, 15) is 0 Å². The molecule has 164 valence electrons. The zero-order valence-electron chi connectivity index (χ0n) is 18.4. The molecule has 0 saturated heterocycles. The predicted octanol–water partition coefficient (Wildman–Crippen LogP) is 6.19. The van der Waals surface area contributed by atoms with Crippen LogP contribution < -0.4 is 9.64 Å². The molecule has 3 aromatic carbocycles. The molecule has 0 amide bonds. The van der Waals surface area contributed by atoms with Gasteiger partial charge in [0.25, 0.3) is 0 Å². The Balaban J connectivity index is 1.89. The van der Waals surface area contributed by atoms with Gasteiger partial charge in [-0.3, -0.25) is 0 Å². The number of azo groups is 1. The number of hydrogen-bond acceptors (Lipinski definition) is 6. The Labute approximate surface area is 193 Å². The Bertz CT molecular complexity index is 1140. The molecule has 7 nitrogen and oxygen atoms in total. The van der Waals surface area contributed by atoms with Crippen LogP contribution in [0.3, 0.4) is 0 Å². The molecular formula is C26H24N6O. The smallest absolute Gasteiger partial charge is 0.182 e. The third-order valence-corrected chi connectivity index (χ3v) is 4.80. The third kappa shape index (κ3) is 7.02. The van der Waals surface area contributed by atoms with Gasteiger partial charge < -0.3 is 9.64 Å². The molecular weight excluding hydrogens is 412 g/mol. The molecule has 0 aliphatic carbocycles. The number of hydrogen-bond donors (Lipinski definition) is 0. The number of nitriles is 2. The van der Waals surface area contributed by atoms with Crippen molar-refractivity contribution in [2.24, 2.45) is 15.2 Å².